The van der Waals surface area contributed by atoms with Crippen LogP contribution in [0.5, 0.6) is 0 Å². The highest BCUT2D eigenvalue weighted by Crippen LogP contribution is 2.34. The second-order valence-electron chi connectivity index (χ2n) is 8.30. The number of aromatic nitrogens is 1. The lowest BCUT2D eigenvalue weighted by Crippen LogP contribution is -2.41. The van der Waals surface area contributed by atoms with E-state index in [-0.39, 0.29) is 0 Å². The number of amides is 1. The number of hydrogen-bond acceptors (Lipinski definition) is 6. The fourth-order valence-corrected chi connectivity index (χ4v) is 4.23. The molecule has 0 spiro atoms. The molecule has 1 aromatic heterocycles. The van der Waals surface area contributed by atoms with Crippen molar-refractivity contribution in [3.05, 3.63) is 44.9 Å². The molecule has 2 rings (SSSR count). The first-order chi connectivity index (χ1) is 13.3. The van der Waals surface area contributed by atoms with Gasteiger partial charge in [0.2, 0.25) is 0 Å². The maximum absolute atomic E-state index is 12.8. The van der Waals surface area contributed by atoms with Gasteiger partial charge >= 0.3 is 6.09 Å². The van der Waals surface area contributed by atoms with Gasteiger partial charge in [-0.15, -0.1) is 4.72 Å². The molecule has 0 saturated carbocycles. The SMILES string of the molecule is CC(C)(C)OC(=O)Nc1ncc(C(N[S@+]([O-])C(C)(C)C)c2ccc(Cl)c(Cl)c2)s1. The predicted molar refractivity (Wildman–Crippen MR) is 121 cm³/mol. The minimum absolute atomic E-state index is 0.377. The molecule has 1 amide bonds. The van der Waals surface area contributed by atoms with E-state index in [4.69, 9.17) is 27.9 Å². The van der Waals surface area contributed by atoms with E-state index in [1.54, 1.807) is 39.1 Å². The molecular formula is C19H25Cl2N3O3S2. The van der Waals surface area contributed by atoms with Crippen molar-refractivity contribution in [2.75, 3.05) is 5.32 Å². The summed E-state index contributed by atoms with van der Waals surface area (Å²) in [5.74, 6) is 0. The number of rotatable bonds is 5. The molecule has 0 radical (unpaired) electrons. The molecular weight excluding hydrogens is 453 g/mol. The molecule has 1 unspecified atom stereocenters. The van der Waals surface area contributed by atoms with Crippen LogP contribution in [0.15, 0.2) is 24.4 Å². The Balaban J connectivity index is 2.30. The maximum Gasteiger partial charge on any atom is 0.413 e. The number of thiazole rings is 1. The van der Waals surface area contributed by atoms with Crippen molar-refractivity contribution in [1.29, 1.82) is 0 Å². The van der Waals surface area contributed by atoms with Crippen LogP contribution >= 0.6 is 34.5 Å². The Kier molecular flexibility index (Phi) is 7.86. The van der Waals surface area contributed by atoms with Crippen molar-refractivity contribution < 1.29 is 14.1 Å². The number of nitrogens with zero attached hydrogens (tertiary/aromatic N) is 1. The first-order valence-corrected chi connectivity index (χ1v) is 11.6. The number of nitrogens with one attached hydrogen (secondary N) is 2. The van der Waals surface area contributed by atoms with Gasteiger partial charge in [-0.25, -0.2) is 9.78 Å². The monoisotopic (exact) mass is 477 g/mol. The summed E-state index contributed by atoms with van der Waals surface area (Å²) in [5.41, 5.74) is 0.169. The van der Waals surface area contributed by atoms with Gasteiger partial charge in [0.05, 0.1) is 14.9 Å². The number of carbonyl (C=O) groups is 1. The number of hydrogen-bond donors (Lipinski definition) is 2. The third-order valence-electron chi connectivity index (χ3n) is 3.47. The number of ether oxygens (including phenoxy) is 1. The minimum atomic E-state index is -1.35. The third-order valence-corrected chi connectivity index (χ3v) is 6.75. The lowest BCUT2D eigenvalue weighted by Gasteiger charge is -2.27. The van der Waals surface area contributed by atoms with Gasteiger partial charge in [-0.1, -0.05) is 40.6 Å². The van der Waals surface area contributed by atoms with Crippen LogP contribution in [0.3, 0.4) is 0 Å². The molecule has 0 aliphatic carbocycles. The minimum Gasteiger partial charge on any atom is -0.598 e. The Labute approximate surface area is 188 Å². The summed E-state index contributed by atoms with van der Waals surface area (Å²) < 4.78 is 20.7. The Morgan fingerprint density at radius 3 is 2.41 bits per heavy atom. The summed E-state index contributed by atoms with van der Waals surface area (Å²) in [7, 11) is 0. The molecule has 2 aromatic rings. The van der Waals surface area contributed by atoms with Gasteiger partial charge in [0.15, 0.2) is 5.13 Å². The van der Waals surface area contributed by atoms with Crippen molar-refractivity contribution >= 4 is 57.1 Å². The number of benzene rings is 1. The summed E-state index contributed by atoms with van der Waals surface area (Å²) in [6.45, 7) is 11.0. The fourth-order valence-electron chi connectivity index (χ4n) is 2.13. The van der Waals surface area contributed by atoms with Crippen molar-refractivity contribution in [2.24, 2.45) is 0 Å². The molecule has 160 valence electrons. The van der Waals surface area contributed by atoms with Gasteiger partial charge in [0.25, 0.3) is 0 Å². The van der Waals surface area contributed by atoms with Gasteiger partial charge in [0.1, 0.15) is 16.4 Å². The summed E-state index contributed by atoms with van der Waals surface area (Å²) in [6.07, 6.45) is 1.04. The van der Waals surface area contributed by atoms with E-state index < -0.39 is 33.8 Å². The first kappa shape index (κ1) is 24.2. The second-order valence-corrected chi connectivity index (χ2v) is 12.2. The topological polar surface area (TPSA) is 86.3 Å². The molecule has 0 bridgehead atoms. The summed E-state index contributed by atoms with van der Waals surface area (Å²) in [6, 6.07) is 4.78. The van der Waals surface area contributed by atoms with Gasteiger partial charge < -0.3 is 9.29 Å². The van der Waals surface area contributed by atoms with Crippen LogP contribution in [-0.2, 0) is 16.1 Å². The maximum atomic E-state index is 12.8. The third kappa shape index (κ3) is 7.31. The highest BCUT2D eigenvalue weighted by atomic mass is 35.5. The largest absolute Gasteiger partial charge is 0.598 e. The van der Waals surface area contributed by atoms with E-state index in [9.17, 15) is 9.35 Å². The Hall–Kier alpha value is -1.03. The molecule has 0 fully saturated rings. The van der Waals surface area contributed by atoms with Gasteiger partial charge in [0, 0.05) is 17.6 Å². The standard InChI is InChI=1S/C19H25Cl2N3O3S2/c1-18(2,3)27-17(25)23-16-22-10-14(28-16)15(24-29(26)19(4,5)6)11-7-8-12(20)13(21)9-11/h7-10,15,24H,1-6H3,(H,22,23,25)/t15?,29-/m1/s1. The average Bonchev–Trinajstić information content (AvgIpc) is 3.00. The van der Waals surface area contributed by atoms with Crippen LogP contribution in [0.2, 0.25) is 10.0 Å². The van der Waals surface area contributed by atoms with E-state index in [0.717, 1.165) is 10.4 Å². The fraction of sp³-hybridized carbons (Fsp3) is 0.474. The molecule has 6 nitrogen and oxygen atoms in total. The van der Waals surface area contributed by atoms with Crippen molar-refractivity contribution in [2.45, 2.75) is 57.9 Å². The highest BCUT2D eigenvalue weighted by molar-refractivity contribution is 7.90. The Morgan fingerprint density at radius 2 is 1.86 bits per heavy atom. The summed E-state index contributed by atoms with van der Waals surface area (Å²) in [4.78, 5) is 17.0. The molecule has 0 aliphatic heterocycles. The highest BCUT2D eigenvalue weighted by Gasteiger charge is 2.32. The molecule has 2 N–H and O–H groups in total. The van der Waals surface area contributed by atoms with Crippen LogP contribution in [0.1, 0.15) is 58.0 Å². The lowest BCUT2D eigenvalue weighted by molar-refractivity contribution is 0.0636. The van der Waals surface area contributed by atoms with Crippen LogP contribution in [-0.4, -0.2) is 26.0 Å². The number of halogens is 2. The van der Waals surface area contributed by atoms with E-state index in [2.05, 4.69) is 15.0 Å². The Bertz CT molecular complexity index is 863. The molecule has 2 atom stereocenters. The second kappa shape index (κ2) is 9.41. The van der Waals surface area contributed by atoms with Crippen molar-refractivity contribution in [1.82, 2.24) is 9.71 Å². The van der Waals surface area contributed by atoms with Crippen LogP contribution < -0.4 is 10.0 Å². The quantitative estimate of drug-likeness (QED) is 0.520. The van der Waals surface area contributed by atoms with E-state index in [1.807, 2.05) is 26.8 Å². The lowest BCUT2D eigenvalue weighted by atomic mass is 10.1. The molecule has 0 saturated heterocycles. The van der Waals surface area contributed by atoms with Crippen LogP contribution in [0, 0.1) is 0 Å². The molecule has 1 heterocycles. The summed E-state index contributed by atoms with van der Waals surface area (Å²) >= 11 is 12.1. The normalized spacial score (nSPS) is 14.4. The van der Waals surface area contributed by atoms with E-state index in [1.165, 1.54) is 11.3 Å². The molecule has 29 heavy (non-hydrogen) atoms. The average molecular weight is 478 g/mol. The van der Waals surface area contributed by atoms with Crippen molar-refractivity contribution in [3.63, 3.8) is 0 Å². The predicted octanol–water partition coefficient (Wildman–Crippen LogP) is 5.94. The zero-order chi connectivity index (χ0) is 22.0. The van der Waals surface area contributed by atoms with E-state index >= 15 is 0 Å². The van der Waals surface area contributed by atoms with Gasteiger partial charge in [-0.05, 0) is 59.2 Å². The van der Waals surface area contributed by atoms with Crippen molar-refractivity contribution in [3.8, 4) is 0 Å². The van der Waals surface area contributed by atoms with Crippen LogP contribution in [0.4, 0.5) is 9.93 Å². The molecule has 10 heteroatoms. The number of anilines is 1. The number of carbonyl (C=O) groups excluding carboxylic acids is 1. The van der Waals surface area contributed by atoms with Crippen LogP contribution in [0.25, 0.3) is 0 Å². The molecule has 1 aromatic carbocycles. The van der Waals surface area contributed by atoms with E-state index in [0.29, 0.717) is 15.2 Å². The summed E-state index contributed by atoms with van der Waals surface area (Å²) in [5, 5.41) is 3.83. The molecule has 0 aliphatic rings. The van der Waals surface area contributed by atoms with Gasteiger partial charge in [-0.2, -0.15) is 0 Å². The van der Waals surface area contributed by atoms with Gasteiger partial charge in [-0.3, -0.25) is 5.32 Å². The zero-order valence-corrected chi connectivity index (χ0v) is 20.3. The Morgan fingerprint density at radius 1 is 1.21 bits per heavy atom. The smallest absolute Gasteiger partial charge is 0.413 e. The first-order valence-electron chi connectivity index (χ1n) is 8.85. The zero-order valence-electron chi connectivity index (χ0n) is 17.1.